The summed E-state index contributed by atoms with van der Waals surface area (Å²) < 4.78 is 23.8. The van der Waals surface area contributed by atoms with E-state index in [-0.39, 0.29) is 0 Å². The largest absolute Gasteiger partial charge is 0.227 e. The molecule has 0 bridgehead atoms. The average Bonchev–Trinajstić information content (AvgIpc) is 1.99. The number of hydrogen-bond acceptors (Lipinski definition) is 3. The number of rotatable bonds is 5. The van der Waals surface area contributed by atoms with E-state index in [0.29, 0.717) is 13.1 Å². The zero-order chi connectivity index (χ0) is 9.61. The van der Waals surface area contributed by atoms with Gasteiger partial charge in [-0.05, 0) is 6.42 Å². The maximum Gasteiger partial charge on any atom is 0.227 e. The molecular weight excluding hydrogens is 176 g/mol. The van der Waals surface area contributed by atoms with Crippen LogP contribution < -0.4 is 0 Å². The van der Waals surface area contributed by atoms with Crippen LogP contribution in [0.1, 0.15) is 20.3 Å². The lowest BCUT2D eigenvalue weighted by molar-refractivity contribution is 0.429. The number of hydrogen-bond donors (Lipinski definition) is 0. The summed E-state index contributed by atoms with van der Waals surface area (Å²) in [5.41, 5.74) is 0. The SMILES string of the molecule is CCCN(CC)S(=O)(=O)CC#N. The van der Waals surface area contributed by atoms with Crippen molar-refractivity contribution in [2.24, 2.45) is 0 Å². The Morgan fingerprint density at radius 2 is 2.00 bits per heavy atom. The standard InChI is InChI=1S/C7H14N2O2S/c1-3-6-9(4-2)12(10,11)7-5-8/h3-4,6-7H2,1-2H3. The Labute approximate surface area is 73.8 Å². The van der Waals surface area contributed by atoms with Gasteiger partial charge in [-0.15, -0.1) is 0 Å². The van der Waals surface area contributed by atoms with Gasteiger partial charge in [-0.2, -0.15) is 5.26 Å². The lowest BCUT2D eigenvalue weighted by Gasteiger charge is -2.17. The summed E-state index contributed by atoms with van der Waals surface area (Å²) >= 11 is 0. The molecule has 4 nitrogen and oxygen atoms in total. The van der Waals surface area contributed by atoms with Gasteiger partial charge in [0.1, 0.15) is 0 Å². The molecule has 70 valence electrons. The summed E-state index contributed by atoms with van der Waals surface area (Å²) in [6.07, 6.45) is 0.776. The van der Waals surface area contributed by atoms with Crippen molar-refractivity contribution in [1.29, 1.82) is 5.26 Å². The molecule has 0 aromatic carbocycles. The van der Waals surface area contributed by atoms with Crippen LogP contribution in [-0.4, -0.2) is 31.6 Å². The van der Waals surface area contributed by atoms with Crippen LogP contribution >= 0.6 is 0 Å². The van der Waals surface area contributed by atoms with Gasteiger partial charge in [-0.3, -0.25) is 0 Å². The summed E-state index contributed by atoms with van der Waals surface area (Å²) in [7, 11) is -3.31. The second kappa shape index (κ2) is 5.12. The molecule has 0 atom stereocenters. The van der Waals surface area contributed by atoms with Gasteiger partial charge in [0.2, 0.25) is 10.0 Å². The maximum absolute atomic E-state index is 11.3. The molecule has 0 aliphatic carbocycles. The van der Waals surface area contributed by atoms with Gasteiger partial charge in [0.15, 0.2) is 5.75 Å². The molecule has 0 unspecified atom stereocenters. The lowest BCUT2D eigenvalue weighted by atomic mass is 10.5. The van der Waals surface area contributed by atoms with Crippen molar-refractivity contribution in [3.05, 3.63) is 0 Å². The van der Waals surface area contributed by atoms with E-state index in [2.05, 4.69) is 0 Å². The Kier molecular flexibility index (Phi) is 4.86. The van der Waals surface area contributed by atoms with E-state index in [4.69, 9.17) is 5.26 Å². The minimum atomic E-state index is -3.31. The molecule has 0 spiro atoms. The fourth-order valence-electron chi connectivity index (χ4n) is 0.916. The zero-order valence-electron chi connectivity index (χ0n) is 7.45. The molecule has 0 saturated carbocycles. The first kappa shape index (κ1) is 11.4. The first-order valence-corrected chi connectivity index (χ1v) is 5.54. The Hall–Kier alpha value is -0.600. The molecular formula is C7H14N2O2S. The predicted octanol–water partition coefficient (Wildman–Crippen LogP) is 0.572. The highest BCUT2D eigenvalue weighted by molar-refractivity contribution is 7.89. The van der Waals surface area contributed by atoms with Gasteiger partial charge in [-0.1, -0.05) is 13.8 Å². The van der Waals surface area contributed by atoms with E-state index >= 15 is 0 Å². The number of nitrogens with zero attached hydrogens (tertiary/aromatic N) is 2. The predicted molar refractivity (Wildman–Crippen MR) is 46.9 cm³/mol. The molecule has 0 N–H and O–H groups in total. The van der Waals surface area contributed by atoms with Gasteiger partial charge in [-0.25, -0.2) is 12.7 Å². The fraction of sp³-hybridized carbons (Fsp3) is 0.857. The minimum absolute atomic E-state index is 0.416. The zero-order valence-corrected chi connectivity index (χ0v) is 8.26. The van der Waals surface area contributed by atoms with E-state index in [1.807, 2.05) is 6.92 Å². The summed E-state index contributed by atoms with van der Waals surface area (Å²) in [4.78, 5) is 0. The van der Waals surface area contributed by atoms with Crippen LogP contribution in [0.3, 0.4) is 0 Å². The average molecular weight is 190 g/mol. The molecule has 12 heavy (non-hydrogen) atoms. The summed E-state index contributed by atoms with van der Waals surface area (Å²) in [6, 6.07) is 1.65. The van der Waals surface area contributed by atoms with Crippen LogP contribution in [-0.2, 0) is 10.0 Å². The summed E-state index contributed by atoms with van der Waals surface area (Å²) in [5.74, 6) is -0.416. The van der Waals surface area contributed by atoms with E-state index in [1.54, 1.807) is 13.0 Å². The number of nitriles is 1. The molecule has 0 amide bonds. The van der Waals surface area contributed by atoms with E-state index in [1.165, 1.54) is 4.31 Å². The van der Waals surface area contributed by atoms with Crippen molar-refractivity contribution in [3.8, 4) is 6.07 Å². The van der Waals surface area contributed by atoms with Gasteiger partial charge in [0, 0.05) is 13.1 Å². The van der Waals surface area contributed by atoms with Crippen molar-refractivity contribution in [2.45, 2.75) is 20.3 Å². The van der Waals surface area contributed by atoms with Crippen LogP contribution in [0.15, 0.2) is 0 Å². The van der Waals surface area contributed by atoms with Gasteiger partial charge >= 0.3 is 0 Å². The number of sulfonamides is 1. The normalized spacial score (nSPS) is 11.5. The van der Waals surface area contributed by atoms with Crippen molar-refractivity contribution in [2.75, 3.05) is 18.8 Å². The molecule has 0 heterocycles. The Balaban J connectivity index is 4.40. The minimum Gasteiger partial charge on any atom is -0.211 e. The second-order valence-electron chi connectivity index (χ2n) is 2.41. The molecule has 0 aliphatic heterocycles. The van der Waals surface area contributed by atoms with Crippen LogP contribution in [0.25, 0.3) is 0 Å². The Morgan fingerprint density at radius 3 is 2.33 bits per heavy atom. The highest BCUT2D eigenvalue weighted by Gasteiger charge is 2.18. The third-order valence-corrected chi connectivity index (χ3v) is 3.19. The molecule has 5 heteroatoms. The van der Waals surface area contributed by atoms with Crippen LogP contribution in [0.5, 0.6) is 0 Å². The molecule has 0 aromatic rings. The van der Waals surface area contributed by atoms with Crippen molar-refractivity contribution in [1.82, 2.24) is 4.31 Å². The van der Waals surface area contributed by atoms with E-state index in [0.717, 1.165) is 6.42 Å². The van der Waals surface area contributed by atoms with Crippen LogP contribution in [0.4, 0.5) is 0 Å². The Bertz CT molecular complexity index is 253. The van der Waals surface area contributed by atoms with Crippen molar-refractivity contribution < 1.29 is 8.42 Å². The highest BCUT2D eigenvalue weighted by Crippen LogP contribution is 2.01. The lowest BCUT2D eigenvalue weighted by Crippen LogP contribution is -2.33. The molecule has 0 radical (unpaired) electrons. The molecule has 0 aliphatic rings. The first-order valence-electron chi connectivity index (χ1n) is 3.93. The van der Waals surface area contributed by atoms with Crippen LogP contribution in [0.2, 0.25) is 0 Å². The smallest absolute Gasteiger partial charge is 0.211 e. The van der Waals surface area contributed by atoms with E-state index < -0.39 is 15.8 Å². The first-order chi connectivity index (χ1) is 5.58. The highest BCUT2D eigenvalue weighted by atomic mass is 32.2. The monoisotopic (exact) mass is 190 g/mol. The van der Waals surface area contributed by atoms with Crippen LogP contribution in [0, 0.1) is 11.3 Å². The Morgan fingerprint density at radius 1 is 1.42 bits per heavy atom. The topological polar surface area (TPSA) is 61.2 Å². The molecule has 0 fully saturated rings. The van der Waals surface area contributed by atoms with Gasteiger partial charge < -0.3 is 0 Å². The third kappa shape index (κ3) is 3.20. The third-order valence-electron chi connectivity index (χ3n) is 1.47. The summed E-state index contributed by atoms with van der Waals surface area (Å²) in [6.45, 7) is 4.62. The van der Waals surface area contributed by atoms with Crippen molar-refractivity contribution >= 4 is 10.0 Å². The van der Waals surface area contributed by atoms with Gasteiger partial charge in [0.05, 0.1) is 6.07 Å². The summed E-state index contributed by atoms with van der Waals surface area (Å²) in [5, 5.41) is 8.26. The fourth-order valence-corrected chi connectivity index (χ4v) is 2.12. The molecule has 0 rings (SSSR count). The quantitative estimate of drug-likeness (QED) is 0.636. The van der Waals surface area contributed by atoms with Gasteiger partial charge in [0.25, 0.3) is 0 Å². The molecule has 0 saturated heterocycles. The second-order valence-corrected chi connectivity index (χ2v) is 4.37. The van der Waals surface area contributed by atoms with Crippen molar-refractivity contribution in [3.63, 3.8) is 0 Å². The van der Waals surface area contributed by atoms with E-state index in [9.17, 15) is 8.42 Å². The maximum atomic E-state index is 11.3. The molecule has 0 aromatic heterocycles.